The molecule has 0 fully saturated rings. The van der Waals surface area contributed by atoms with Crippen LogP contribution in [0.4, 0.5) is 5.82 Å². The van der Waals surface area contributed by atoms with E-state index in [1.165, 1.54) is 6.33 Å². The third kappa shape index (κ3) is 1.35. The molecule has 6 nitrogen and oxygen atoms in total. The first-order valence-electron chi connectivity index (χ1n) is 4.13. The number of fused-ring (bicyclic) bond motifs is 1. The van der Waals surface area contributed by atoms with Gasteiger partial charge in [-0.3, -0.25) is 0 Å². The first-order valence-corrected chi connectivity index (χ1v) is 4.13. The minimum absolute atomic E-state index is 0.375. The van der Waals surface area contributed by atoms with E-state index in [0.717, 1.165) is 0 Å². The Hall–Kier alpha value is -2.16. The standard InChI is InChI=1S/C8H8N6/c9-3-1-2-5-13-7(10)6-8(14-5)12-4-11-6/h4H,1-2H2,(H3,10,11,12,13,14). The Balaban J connectivity index is 2.44. The summed E-state index contributed by atoms with van der Waals surface area (Å²) in [5, 5.41) is 8.41. The van der Waals surface area contributed by atoms with E-state index >= 15 is 0 Å². The van der Waals surface area contributed by atoms with Gasteiger partial charge in [0.2, 0.25) is 0 Å². The van der Waals surface area contributed by atoms with Crippen molar-refractivity contribution in [2.24, 2.45) is 0 Å². The van der Waals surface area contributed by atoms with Crippen molar-refractivity contribution in [3.05, 3.63) is 12.2 Å². The zero-order valence-corrected chi connectivity index (χ0v) is 7.36. The molecule has 0 amide bonds. The zero-order chi connectivity index (χ0) is 9.97. The predicted octanol–water partition coefficient (Wildman–Crippen LogP) is 0.391. The van der Waals surface area contributed by atoms with Crippen molar-refractivity contribution in [3.8, 4) is 6.07 Å². The minimum Gasteiger partial charge on any atom is -0.382 e. The largest absolute Gasteiger partial charge is 0.382 e. The first kappa shape index (κ1) is 8.44. The number of rotatable bonds is 2. The number of nitrogens with two attached hydrogens (primary N) is 1. The van der Waals surface area contributed by atoms with Crippen LogP contribution in [0.25, 0.3) is 11.2 Å². The van der Waals surface area contributed by atoms with Crippen LogP contribution in [0.15, 0.2) is 6.33 Å². The molecule has 0 spiro atoms. The third-order valence-electron chi connectivity index (χ3n) is 1.82. The van der Waals surface area contributed by atoms with Crippen molar-refractivity contribution in [3.63, 3.8) is 0 Å². The van der Waals surface area contributed by atoms with E-state index in [1.54, 1.807) is 0 Å². The Morgan fingerprint density at radius 1 is 1.50 bits per heavy atom. The van der Waals surface area contributed by atoms with Crippen LogP contribution < -0.4 is 5.73 Å². The van der Waals surface area contributed by atoms with Crippen molar-refractivity contribution in [1.82, 2.24) is 19.9 Å². The topological polar surface area (TPSA) is 104 Å². The number of aryl methyl sites for hydroxylation is 1. The summed E-state index contributed by atoms with van der Waals surface area (Å²) in [4.78, 5) is 15.0. The molecule has 0 aliphatic rings. The van der Waals surface area contributed by atoms with E-state index in [9.17, 15) is 0 Å². The van der Waals surface area contributed by atoms with Crippen LogP contribution in [-0.2, 0) is 6.42 Å². The van der Waals surface area contributed by atoms with Gasteiger partial charge < -0.3 is 10.7 Å². The lowest BCUT2D eigenvalue weighted by atomic mass is 10.3. The summed E-state index contributed by atoms with van der Waals surface area (Å²) in [6.07, 6.45) is 2.41. The number of nitrogens with one attached hydrogen (secondary N) is 1. The summed E-state index contributed by atoms with van der Waals surface area (Å²) in [5.41, 5.74) is 6.86. The number of nitrogens with zero attached hydrogens (tertiary/aromatic N) is 4. The number of imidazole rings is 1. The molecule has 0 saturated heterocycles. The molecule has 0 atom stereocenters. The summed E-state index contributed by atoms with van der Waals surface area (Å²) in [5.74, 6) is 0.934. The average Bonchev–Trinajstić information content (AvgIpc) is 2.63. The predicted molar refractivity (Wildman–Crippen MR) is 50.0 cm³/mol. The SMILES string of the molecule is N#CCCc1nc(N)c2[nH]cnc2n1. The van der Waals surface area contributed by atoms with Crippen LogP contribution in [0, 0.1) is 11.3 Å². The molecule has 0 aromatic carbocycles. The minimum atomic E-state index is 0.375. The lowest BCUT2D eigenvalue weighted by Gasteiger charge is -1.98. The van der Waals surface area contributed by atoms with Crippen LogP contribution in [0.5, 0.6) is 0 Å². The number of hydrogen-bond acceptors (Lipinski definition) is 5. The van der Waals surface area contributed by atoms with E-state index in [1.807, 2.05) is 6.07 Å². The van der Waals surface area contributed by atoms with Crippen molar-refractivity contribution in [2.45, 2.75) is 12.8 Å². The van der Waals surface area contributed by atoms with Crippen molar-refractivity contribution in [1.29, 1.82) is 5.26 Å². The molecule has 70 valence electrons. The van der Waals surface area contributed by atoms with Crippen molar-refractivity contribution >= 4 is 17.0 Å². The fraction of sp³-hybridized carbons (Fsp3) is 0.250. The number of aromatic amines is 1. The molecule has 2 aromatic rings. The highest BCUT2D eigenvalue weighted by molar-refractivity contribution is 5.80. The van der Waals surface area contributed by atoms with Gasteiger partial charge in [0.1, 0.15) is 11.3 Å². The van der Waals surface area contributed by atoms with E-state index in [4.69, 9.17) is 11.0 Å². The lowest BCUT2D eigenvalue weighted by Crippen LogP contribution is -2.00. The van der Waals surface area contributed by atoms with Gasteiger partial charge in [0, 0.05) is 12.8 Å². The van der Waals surface area contributed by atoms with E-state index in [0.29, 0.717) is 35.6 Å². The average molecular weight is 188 g/mol. The van der Waals surface area contributed by atoms with Gasteiger partial charge in [0.05, 0.1) is 12.4 Å². The third-order valence-corrected chi connectivity index (χ3v) is 1.82. The van der Waals surface area contributed by atoms with Gasteiger partial charge >= 0.3 is 0 Å². The summed E-state index contributed by atoms with van der Waals surface area (Å²) in [6, 6.07) is 2.03. The molecule has 6 heteroatoms. The summed E-state index contributed by atoms with van der Waals surface area (Å²) >= 11 is 0. The first-order chi connectivity index (χ1) is 6.81. The van der Waals surface area contributed by atoms with Crippen LogP contribution in [-0.4, -0.2) is 19.9 Å². The van der Waals surface area contributed by atoms with Gasteiger partial charge in [0.25, 0.3) is 0 Å². The van der Waals surface area contributed by atoms with E-state index in [2.05, 4.69) is 19.9 Å². The molecule has 2 aromatic heterocycles. The van der Waals surface area contributed by atoms with Gasteiger partial charge in [-0.2, -0.15) is 5.26 Å². The monoisotopic (exact) mass is 188 g/mol. The Morgan fingerprint density at radius 2 is 2.36 bits per heavy atom. The molecule has 14 heavy (non-hydrogen) atoms. The number of H-pyrrole nitrogens is 1. The second-order valence-electron chi connectivity index (χ2n) is 2.78. The molecule has 2 rings (SSSR count). The quantitative estimate of drug-likeness (QED) is 0.709. The molecular formula is C8H8N6. The van der Waals surface area contributed by atoms with Crippen molar-refractivity contribution in [2.75, 3.05) is 5.73 Å². The van der Waals surface area contributed by atoms with Gasteiger partial charge in [-0.25, -0.2) is 15.0 Å². The van der Waals surface area contributed by atoms with Crippen LogP contribution in [0.3, 0.4) is 0 Å². The molecule has 2 heterocycles. The number of nitriles is 1. The van der Waals surface area contributed by atoms with Gasteiger partial charge in [-0.15, -0.1) is 0 Å². The molecule has 0 aliphatic carbocycles. The molecule has 0 bridgehead atoms. The maximum absolute atomic E-state index is 8.41. The molecule has 0 radical (unpaired) electrons. The maximum atomic E-state index is 8.41. The van der Waals surface area contributed by atoms with Gasteiger partial charge in [0.15, 0.2) is 11.5 Å². The normalized spacial score (nSPS) is 10.2. The second kappa shape index (κ2) is 3.30. The second-order valence-corrected chi connectivity index (χ2v) is 2.78. The highest BCUT2D eigenvalue weighted by Crippen LogP contribution is 2.13. The zero-order valence-electron chi connectivity index (χ0n) is 7.36. The summed E-state index contributed by atoms with van der Waals surface area (Å²) in [6.45, 7) is 0. The number of nitrogen functional groups attached to an aromatic ring is 1. The number of anilines is 1. The van der Waals surface area contributed by atoms with Crippen LogP contribution >= 0.6 is 0 Å². The maximum Gasteiger partial charge on any atom is 0.183 e. The Labute approximate surface area is 79.8 Å². The van der Waals surface area contributed by atoms with Gasteiger partial charge in [-0.05, 0) is 0 Å². The Bertz CT molecular complexity index is 494. The number of aromatic nitrogens is 4. The smallest absolute Gasteiger partial charge is 0.183 e. The van der Waals surface area contributed by atoms with E-state index < -0.39 is 0 Å². The Kier molecular flexibility index (Phi) is 1.99. The highest BCUT2D eigenvalue weighted by Gasteiger charge is 2.06. The van der Waals surface area contributed by atoms with E-state index in [-0.39, 0.29) is 0 Å². The summed E-state index contributed by atoms with van der Waals surface area (Å²) in [7, 11) is 0. The molecular weight excluding hydrogens is 180 g/mol. The molecule has 3 N–H and O–H groups in total. The molecule has 0 saturated carbocycles. The van der Waals surface area contributed by atoms with Gasteiger partial charge in [-0.1, -0.05) is 0 Å². The Morgan fingerprint density at radius 3 is 3.14 bits per heavy atom. The fourth-order valence-corrected chi connectivity index (χ4v) is 1.18. The fourth-order valence-electron chi connectivity index (χ4n) is 1.18. The van der Waals surface area contributed by atoms with Crippen LogP contribution in [0.2, 0.25) is 0 Å². The molecule has 0 unspecified atom stereocenters. The summed E-state index contributed by atoms with van der Waals surface area (Å²) < 4.78 is 0. The number of hydrogen-bond donors (Lipinski definition) is 2. The van der Waals surface area contributed by atoms with Crippen LogP contribution in [0.1, 0.15) is 12.2 Å². The molecule has 0 aliphatic heterocycles. The highest BCUT2D eigenvalue weighted by atomic mass is 15.0. The lowest BCUT2D eigenvalue weighted by molar-refractivity contribution is 0.899. The van der Waals surface area contributed by atoms with Crippen molar-refractivity contribution < 1.29 is 0 Å².